The molecule has 0 aliphatic carbocycles. The lowest BCUT2D eigenvalue weighted by atomic mass is 9.81. The number of aryl methyl sites for hydroxylation is 1. The molecule has 1 aromatic rings. The fraction of sp³-hybridized carbons (Fsp3) is 0.824. The maximum absolute atomic E-state index is 12.1. The first-order chi connectivity index (χ1) is 11.3. The summed E-state index contributed by atoms with van der Waals surface area (Å²) in [5.74, 6) is 1.98. The first-order valence-corrected chi connectivity index (χ1v) is 8.92. The van der Waals surface area contributed by atoms with E-state index in [0.29, 0.717) is 13.1 Å². The van der Waals surface area contributed by atoms with Gasteiger partial charge in [-0.25, -0.2) is 4.79 Å². The molecule has 2 amide bonds. The third-order valence-electron chi connectivity index (χ3n) is 4.73. The molecule has 1 aliphatic rings. The highest BCUT2D eigenvalue weighted by Gasteiger charge is 2.30. The Kier molecular flexibility index (Phi) is 6.21. The van der Waals surface area contributed by atoms with E-state index in [1.165, 1.54) is 6.42 Å². The van der Waals surface area contributed by atoms with Gasteiger partial charge < -0.3 is 20.3 Å². The van der Waals surface area contributed by atoms with Crippen molar-refractivity contribution in [2.75, 3.05) is 6.54 Å². The predicted octanol–water partition coefficient (Wildman–Crippen LogP) is 1.85. The average molecular weight is 337 g/mol. The van der Waals surface area contributed by atoms with Gasteiger partial charge >= 0.3 is 6.03 Å². The fourth-order valence-corrected chi connectivity index (χ4v) is 3.21. The Hall–Kier alpha value is -1.63. The molecule has 1 aromatic heterocycles. The van der Waals surface area contributed by atoms with Crippen LogP contribution in [0.15, 0.2) is 0 Å². The van der Waals surface area contributed by atoms with Crippen LogP contribution in [-0.2, 0) is 19.5 Å². The Balaban J connectivity index is 1.83. The van der Waals surface area contributed by atoms with Gasteiger partial charge in [0.15, 0.2) is 5.82 Å². The van der Waals surface area contributed by atoms with Crippen LogP contribution >= 0.6 is 0 Å². The Bertz CT molecular complexity index is 553. The number of aromatic nitrogens is 3. The highest BCUT2D eigenvalue weighted by atomic mass is 16.3. The van der Waals surface area contributed by atoms with E-state index in [1.54, 1.807) is 0 Å². The molecule has 0 saturated heterocycles. The molecule has 2 rings (SSSR count). The van der Waals surface area contributed by atoms with Crippen molar-refractivity contribution in [2.24, 2.45) is 11.3 Å². The summed E-state index contributed by atoms with van der Waals surface area (Å²) in [6.07, 6.45) is 3.99. The number of urea groups is 1. The molecular formula is C17H31N5O2. The van der Waals surface area contributed by atoms with Crippen LogP contribution in [0.25, 0.3) is 0 Å². The molecule has 0 fully saturated rings. The van der Waals surface area contributed by atoms with E-state index in [4.69, 9.17) is 0 Å². The SMILES string of the molecule is CC(C)C(O)C(C)(C)CNC(=O)NCc1nnc2n1CCCCC2. The highest BCUT2D eigenvalue weighted by molar-refractivity contribution is 5.73. The van der Waals surface area contributed by atoms with Crippen molar-refractivity contribution in [3.05, 3.63) is 11.6 Å². The van der Waals surface area contributed by atoms with E-state index in [-0.39, 0.29) is 17.4 Å². The lowest BCUT2D eigenvalue weighted by Gasteiger charge is -2.33. The average Bonchev–Trinajstić information content (AvgIpc) is 2.76. The molecule has 24 heavy (non-hydrogen) atoms. The van der Waals surface area contributed by atoms with Gasteiger partial charge in [-0.05, 0) is 18.8 Å². The number of nitrogens with zero attached hydrogens (tertiary/aromatic N) is 3. The van der Waals surface area contributed by atoms with E-state index in [2.05, 4.69) is 25.4 Å². The van der Waals surface area contributed by atoms with Crippen molar-refractivity contribution in [2.45, 2.75) is 72.6 Å². The summed E-state index contributed by atoms with van der Waals surface area (Å²) < 4.78 is 2.12. The first kappa shape index (κ1) is 18.7. The molecule has 1 aliphatic heterocycles. The van der Waals surface area contributed by atoms with Crippen molar-refractivity contribution in [1.29, 1.82) is 0 Å². The maximum atomic E-state index is 12.1. The van der Waals surface area contributed by atoms with Gasteiger partial charge in [-0.3, -0.25) is 0 Å². The van der Waals surface area contributed by atoms with E-state index < -0.39 is 6.10 Å². The minimum Gasteiger partial charge on any atom is -0.392 e. The highest BCUT2D eigenvalue weighted by Crippen LogP contribution is 2.25. The summed E-state index contributed by atoms with van der Waals surface area (Å²) in [6.45, 7) is 9.57. The van der Waals surface area contributed by atoms with Crippen LogP contribution in [0.1, 0.15) is 58.6 Å². The molecule has 7 nitrogen and oxygen atoms in total. The van der Waals surface area contributed by atoms with Gasteiger partial charge in [-0.2, -0.15) is 0 Å². The molecule has 3 N–H and O–H groups in total. The number of hydrogen-bond acceptors (Lipinski definition) is 4. The van der Waals surface area contributed by atoms with Gasteiger partial charge in [-0.15, -0.1) is 10.2 Å². The standard InChI is InChI=1S/C17H31N5O2/c1-12(2)15(23)17(3,4)11-19-16(24)18-10-14-21-20-13-8-6-5-7-9-22(13)14/h12,15,23H,5-11H2,1-4H3,(H2,18,19,24). The van der Waals surface area contributed by atoms with Gasteiger partial charge in [0.2, 0.25) is 0 Å². The number of carbonyl (C=O) groups excluding carboxylic acids is 1. The molecule has 0 saturated carbocycles. The molecule has 2 heterocycles. The van der Waals surface area contributed by atoms with Gasteiger partial charge in [0.05, 0.1) is 12.6 Å². The summed E-state index contributed by atoms with van der Waals surface area (Å²) in [4.78, 5) is 12.1. The van der Waals surface area contributed by atoms with E-state index in [9.17, 15) is 9.90 Å². The van der Waals surface area contributed by atoms with Gasteiger partial charge in [0.1, 0.15) is 5.82 Å². The van der Waals surface area contributed by atoms with E-state index in [0.717, 1.165) is 37.5 Å². The zero-order valence-corrected chi connectivity index (χ0v) is 15.3. The smallest absolute Gasteiger partial charge is 0.315 e. The first-order valence-electron chi connectivity index (χ1n) is 8.92. The van der Waals surface area contributed by atoms with Crippen LogP contribution in [-0.4, -0.2) is 38.6 Å². The van der Waals surface area contributed by atoms with Crippen LogP contribution in [0.2, 0.25) is 0 Å². The van der Waals surface area contributed by atoms with Crippen LogP contribution in [0.4, 0.5) is 4.79 Å². The van der Waals surface area contributed by atoms with Crippen molar-refractivity contribution in [1.82, 2.24) is 25.4 Å². The number of rotatable bonds is 6. The van der Waals surface area contributed by atoms with Crippen molar-refractivity contribution in [3.63, 3.8) is 0 Å². The maximum Gasteiger partial charge on any atom is 0.315 e. The largest absolute Gasteiger partial charge is 0.392 e. The van der Waals surface area contributed by atoms with Crippen LogP contribution in [0.3, 0.4) is 0 Å². The third-order valence-corrected chi connectivity index (χ3v) is 4.73. The summed E-state index contributed by atoms with van der Waals surface area (Å²) in [7, 11) is 0. The minimum atomic E-state index is -0.468. The van der Waals surface area contributed by atoms with Gasteiger partial charge in [0.25, 0.3) is 0 Å². The third kappa shape index (κ3) is 4.69. The molecule has 0 aromatic carbocycles. The number of aliphatic hydroxyl groups is 1. The van der Waals surface area contributed by atoms with Crippen molar-refractivity contribution >= 4 is 6.03 Å². The molecular weight excluding hydrogens is 306 g/mol. The lowest BCUT2D eigenvalue weighted by Crippen LogP contribution is -2.46. The second kappa shape index (κ2) is 7.96. The number of nitrogens with one attached hydrogen (secondary N) is 2. The molecule has 0 bridgehead atoms. The molecule has 1 atom stereocenters. The zero-order chi connectivity index (χ0) is 17.7. The Labute approximate surface area is 144 Å². The van der Waals surface area contributed by atoms with E-state index in [1.807, 2.05) is 27.7 Å². The monoisotopic (exact) mass is 337 g/mol. The topological polar surface area (TPSA) is 92.1 Å². The number of carbonyl (C=O) groups is 1. The van der Waals surface area contributed by atoms with Gasteiger partial charge in [0, 0.05) is 24.9 Å². The molecule has 0 radical (unpaired) electrons. The Morgan fingerprint density at radius 2 is 2.00 bits per heavy atom. The number of hydrogen-bond donors (Lipinski definition) is 3. The number of fused-ring (bicyclic) bond motifs is 1. The predicted molar refractivity (Wildman–Crippen MR) is 92.4 cm³/mol. The Morgan fingerprint density at radius 3 is 2.71 bits per heavy atom. The molecule has 0 spiro atoms. The lowest BCUT2D eigenvalue weighted by molar-refractivity contribution is 0.0151. The van der Waals surface area contributed by atoms with Crippen LogP contribution in [0, 0.1) is 11.3 Å². The summed E-state index contributed by atoms with van der Waals surface area (Å²) >= 11 is 0. The molecule has 7 heteroatoms. The normalized spacial score (nSPS) is 16.4. The fourth-order valence-electron chi connectivity index (χ4n) is 3.21. The Morgan fingerprint density at radius 1 is 1.25 bits per heavy atom. The van der Waals surface area contributed by atoms with Crippen molar-refractivity contribution < 1.29 is 9.90 Å². The minimum absolute atomic E-state index is 0.149. The number of amides is 2. The zero-order valence-electron chi connectivity index (χ0n) is 15.3. The summed E-state index contributed by atoms with van der Waals surface area (Å²) in [5, 5.41) is 24.3. The molecule has 136 valence electrons. The molecule has 1 unspecified atom stereocenters. The second-order valence-electron chi connectivity index (χ2n) is 7.71. The van der Waals surface area contributed by atoms with Crippen LogP contribution in [0.5, 0.6) is 0 Å². The van der Waals surface area contributed by atoms with Crippen molar-refractivity contribution in [3.8, 4) is 0 Å². The second-order valence-corrected chi connectivity index (χ2v) is 7.71. The number of aliphatic hydroxyl groups excluding tert-OH is 1. The van der Waals surface area contributed by atoms with Crippen LogP contribution < -0.4 is 10.6 Å². The van der Waals surface area contributed by atoms with Gasteiger partial charge in [-0.1, -0.05) is 34.1 Å². The summed E-state index contributed by atoms with van der Waals surface area (Å²) in [5.41, 5.74) is -0.378. The van der Waals surface area contributed by atoms with E-state index >= 15 is 0 Å². The quantitative estimate of drug-likeness (QED) is 0.738. The summed E-state index contributed by atoms with van der Waals surface area (Å²) in [6, 6.07) is -0.245.